The van der Waals surface area contributed by atoms with E-state index < -0.39 is 0 Å². The SMILES string of the molecule is COc1ccc2oc(-c3ccccc3)cc(=NCC3CCCO3)c2c1. The minimum Gasteiger partial charge on any atom is -0.497 e. The molecule has 0 aliphatic carbocycles. The van der Waals surface area contributed by atoms with Gasteiger partial charge in [0.05, 0.1) is 25.1 Å². The van der Waals surface area contributed by atoms with E-state index in [1.165, 1.54) is 0 Å². The molecule has 0 radical (unpaired) electrons. The third kappa shape index (κ3) is 3.44. The van der Waals surface area contributed by atoms with Crippen LogP contribution >= 0.6 is 0 Å². The second kappa shape index (κ2) is 7.11. The van der Waals surface area contributed by atoms with Crippen LogP contribution in [0.25, 0.3) is 22.3 Å². The van der Waals surface area contributed by atoms with E-state index in [4.69, 9.17) is 18.9 Å². The van der Waals surface area contributed by atoms with Gasteiger partial charge in [-0.15, -0.1) is 0 Å². The quantitative estimate of drug-likeness (QED) is 0.718. The second-order valence-electron chi connectivity index (χ2n) is 6.20. The Morgan fingerprint density at radius 2 is 2.00 bits per heavy atom. The van der Waals surface area contributed by atoms with Crippen LogP contribution in [0.4, 0.5) is 0 Å². The monoisotopic (exact) mass is 335 g/mol. The van der Waals surface area contributed by atoms with Crippen LogP contribution in [0, 0.1) is 0 Å². The van der Waals surface area contributed by atoms with E-state index in [2.05, 4.69) is 0 Å². The molecule has 2 aromatic carbocycles. The van der Waals surface area contributed by atoms with Crippen molar-refractivity contribution in [3.05, 3.63) is 60.0 Å². The standard InChI is InChI=1S/C21H21NO3/c1-23-16-9-10-20-18(12-16)19(22-14-17-8-5-11-24-17)13-21(25-20)15-6-3-2-4-7-15/h2-4,6-7,9-10,12-13,17H,5,8,11,14H2,1H3. The number of hydrogen-bond acceptors (Lipinski definition) is 4. The zero-order valence-electron chi connectivity index (χ0n) is 14.3. The predicted molar refractivity (Wildman–Crippen MR) is 97.6 cm³/mol. The minimum atomic E-state index is 0.220. The molecule has 128 valence electrons. The minimum absolute atomic E-state index is 0.220. The Morgan fingerprint density at radius 1 is 1.12 bits per heavy atom. The van der Waals surface area contributed by atoms with E-state index in [0.29, 0.717) is 6.54 Å². The van der Waals surface area contributed by atoms with Gasteiger partial charge >= 0.3 is 0 Å². The van der Waals surface area contributed by atoms with Crippen LogP contribution in [0.1, 0.15) is 12.8 Å². The van der Waals surface area contributed by atoms with Crippen LogP contribution in [0.5, 0.6) is 5.75 Å². The molecule has 4 heteroatoms. The van der Waals surface area contributed by atoms with Crippen LogP contribution in [0.15, 0.2) is 64.0 Å². The molecule has 1 aliphatic rings. The fourth-order valence-corrected chi connectivity index (χ4v) is 3.14. The average molecular weight is 335 g/mol. The molecule has 0 N–H and O–H groups in total. The summed E-state index contributed by atoms with van der Waals surface area (Å²) in [5.41, 5.74) is 1.84. The molecule has 1 saturated heterocycles. The summed E-state index contributed by atoms with van der Waals surface area (Å²) in [6.07, 6.45) is 2.42. The first-order valence-electron chi connectivity index (χ1n) is 8.63. The highest BCUT2D eigenvalue weighted by atomic mass is 16.5. The molecule has 3 aromatic rings. The van der Waals surface area contributed by atoms with Crippen LogP contribution in [0.2, 0.25) is 0 Å². The Hall–Kier alpha value is -2.59. The number of ether oxygens (including phenoxy) is 2. The molecule has 1 aliphatic heterocycles. The third-order valence-electron chi connectivity index (χ3n) is 4.50. The van der Waals surface area contributed by atoms with E-state index in [-0.39, 0.29) is 6.10 Å². The van der Waals surface area contributed by atoms with Crippen molar-refractivity contribution >= 4 is 11.0 Å². The lowest BCUT2D eigenvalue weighted by atomic mass is 10.1. The lowest BCUT2D eigenvalue weighted by molar-refractivity contribution is 0.117. The molecule has 1 atom stereocenters. The van der Waals surface area contributed by atoms with Gasteiger partial charge < -0.3 is 13.9 Å². The maximum absolute atomic E-state index is 6.11. The van der Waals surface area contributed by atoms with E-state index in [0.717, 1.165) is 52.8 Å². The molecular formula is C21H21NO3. The fourth-order valence-electron chi connectivity index (χ4n) is 3.14. The van der Waals surface area contributed by atoms with Crippen molar-refractivity contribution < 1.29 is 13.9 Å². The number of fused-ring (bicyclic) bond motifs is 1. The molecule has 1 aromatic heterocycles. The zero-order chi connectivity index (χ0) is 17.1. The van der Waals surface area contributed by atoms with E-state index in [1.807, 2.05) is 54.6 Å². The van der Waals surface area contributed by atoms with E-state index >= 15 is 0 Å². The van der Waals surface area contributed by atoms with Gasteiger partial charge in [-0.3, -0.25) is 4.99 Å². The Kier molecular flexibility index (Phi) is 4.53. The second-order valence-corrected chi connectivity index (χ2v) is 6.20. The molecule has 0 spiro atoms. The number of benzene rings is 2. The van der Waals surface area contributed by atoms with Crippen molar-refractivity contribution in [1.29, 1.82) is 0 Å². The highest BCUT2D eigenvalue weighted by molar-refractivity contribution is 5.80. The topological polar surface area (TPSA) is 44.0 Å². The first kappa shape index (κ1) is 15.9. The van der Waals surface area contributed by atoms with Crippen LogP contribution < -0.4 is 10.1 Å². The van der Waals surface area contributed by atoms with Gasteiger partial charge in [0.25, 0.3) is 0 Å². The average Bonchev–Trinajstić information content (AvgIpc) is 3.20. The molecule has 25 heavy (non-hydrogen) atoms. The molecule has 0 bridgehead atoms. The van der Waals surface area contributed by atoms with Gasteiger partial charge in [0, 0.05) is 23.6 Å². The van der Waals surface area contributed by atoms with Crippen LogP contribution in [0.3, 0.4) is 0 Å². The fraction of sp³-hybridized carbons (Fsp3) is 0.286. The maximum atomic E-state index is 6.11. The van der Waals surface area contributed by atoms with Crippen molar-refractivity contribution in [2.45, 2.75) is 18.9 Å². The Labute approximate surface area is 146 Å². The molecular weight excluding hydrogens is 314 g/mol. The van der Waals surface area contributed by atoms with Gasteiger partial charge in [-0.05, 0) is 31.0 Å². The summed E-state index contributed by atoms with van der Waals surface area (Å²) < 4.78 is 17.2. The number of methoxy groups -OCH3 is 1. The summed E-state index contributed by atoms with van der Waals surface area (Å²) in [7, 11) is 1.67. The van der Waals surface area contributed by atoms with Gasteiger partial charge in [0.1, 0.15) is 17.1 Å². The summed E-state index contributed by atoms with van der Waals surface area (Å²) in [4.78, 5) is 4.84. The molecule has 0 saturated carbocycles. The Morgan fingerprint density at radius 3 is 2.76 bits per heavy atom. The highest BCUT2D eigenvalue weighted by Gasteiger charge is 2.14. The summed E-state index contributed by atoms with van der Waals surface area (Å²) in [5, 5.41) is 1.87. The summed E-state index contributed by atoms with van der Waals surface area (Å²) in [6, 6.07) is 17.9. The van der Waals surface area contributed by atoms with E-state index in [9.17, 15) is 0 Å². The van der Waals surface area contributed by atoms with Crippen LogP contribution in [-0.2, 0) is 4.74 Å². The molecule has 1 unspecified atom stereocenters. The number of nitrogens with zero attached hydrogens (tertiary/aromatic N) is 1. The summed E-state index contributed by atoms with van der Waals surface area (Å²) in [6.45, 7) is 1.51. The molecule has 0 amide bonds. The van der Waals surface area contributed by atoms with Crippen LogP contribution in [-0.4, -0.2) is 26.4 Å². The highest BCUT2D eigenvalue weighted by Crippen LogP contribution is 2.24. The number of hydrogen-bond donors (Lipinski definition) is 0. The van der Waals surface area contributed by atoms with Crippen molar-refractivity contribution in [3.63, 3.8) is 0 Å². The summed E-state index contributed by atoms with van der Waals surface area (Å²) >= 11 is 0. The first-order valence-corrected chi connectivity index (χ1v) is 8.63. The summed E-state index contributed by atoms with van der Waals surface area (Å²) in [5.74, 6) is 1.60. The number of rotatable bonds is 4. The lowest BCUT2D eigenvalue weighted by Gasteiger charge is -2.08. The van der Waals surface area contributed by atoms with Crippen molar-refractivity contribution in [1.82, 2.24) is 0 Å². The van der Waals surface area contributed by atoms with Gasteiger partial charge in [-0.25, -0.2) is 0 Å². The largest absolute Gasteiger partial charge is 0.497 e. The molecule has 2 heterocycles. The maximum Gasteiger partial charge on any atom is 0.137 e. The zero-order valence-corrected chi connectivity index (χ0v) is 14.3. The smallest absolute Gasteiger partial charge is 0.137 e. The third-order valence-corrected chi connectivity index (χ3v) is 4.50. The molecule has 4 nitrogen and oxygen atoms in total. The lowest BCUT2D eigenvalue weighted by Crippen LogP contribution is -2.13. The first-order chi connectivity index (χ1) is 12.3. The van der Waals surface area contributed by atoms with Gasteiger partial charge in [0.15, 0.2) is 0 Å². The molecule has 1 fully saturated rings. The van der Waals surface area contributed by atoms with Crippen molar-refractivity contribution in [2.75, 3.05) is 20.3 Å². The molecule has 4 rings (SSSR count). The predicted octanol–water partition coefficient (Wildman–Crippen LogP) is 4.19. The van der Waals surface area contributed by atoms with E-state index in [1.54, 1.807) is 7.11 Å². The van der Waals surface area contributed by atoms with Crippen molar-refractivity contribution in [3.8, 4) is 17.1 Å². The van der Waals surface area contributed by atoms with Gasteiger partial charge in [-0.2, -0.15) is 0 Å². The normalized spacial score (nSPS) is 18.0. The van der Waals surface area contributed by atoms with Gasteiger partial charge in [-0.1, -0.05) is 30.3 Å². The van der Waals surface area contributed by atoms with Crippen molar-refractivity contribution in [2.24, 2.45) is 4.99 Å². The van der Waals surface area contributed by atoms with Gasteiger partial charge in [0.2, 0.25) is 0 Å². The Bertz CT molecular complexity index is 925. The Balaban J connectivity index is 1.84.